The molecule has 2 amide bonds. The minimum atomic E-state index is -1.72. The van der Waals surface area contributed by atoms with Crippen molar-refractivity contribution in [2.24, 2.45) is 5.73 Å². The Morgan fingerprint density at radius 2 is 2.05 bits per heavy atom. The number of primary amides is 1. The molecule has 2 atom stereocenters. The van der Waals surface area contributed by atoms with Crippen LogP contribution in [0.5, 0.6) is 0 Å². The highest BCUT2D eigenvalue weighted by Gasteiger charge is 2.33. The Labute approximate surface area is 134 Å². The van der Waals surface area contributed by atoms with Crippen LogP contribution in [0.1, 0.15) is 40.0 Å². The van der Waals surface area contributed by atoms with E-state index in [4.69, 9.17) is 10.5 Å². The molecule has 124 valence electrons. The van der Waals surface area contributed by atoms with Crippen LogP contribution in [-0.4, -0.2) is 38.6 Å². The van der Waals surface area contributed by atoms with Crippen LogP contribution in [0.2, 0.25) is 18.1 Å². The Balaban J connectivity index is 2.66. The Morgan fingerprint density at radius 3 is 2.50 bits per heavy atom. The van der Waals surface area contributed by atoms with Gasteiger partial charge in [0.2, 0.25) is 11.8 Å². The van der Waals surface area contributed by atoms with Crippen LogP contribution >= 0.6 is 0 Å². The lowest BCUT2D eigenvalue weighted by Gasteiger charge is -2.31. The molecule has 3 N–H and O–H groups in total. The number of hydrogen-bond donors (Lipinski definition) is 2. The first kappa shape index (κ1) is 18.7. The van der Waals surface area contributed by atoms with Crippen molar-refractivity contribution in [2.75, 3.05) is 6.61 Å². The first-order chi connectivity index (χ1) is 10.0. The third-order valence-electron chi connectivity index (χ3n) is 4.46. The molecule has 6 heteroatoms. The molecule has 22 heavy (non-hydrogen) atoms. The van der Waals surface area contributed by atoms with Crippen molar-refractivity contribution in [3.05, 3.63) is 0 Å². The summed E-state index contributed by atoms with van der Waals surface area (Å²) in [7, 11) is -1.72. The van der Waals surface area contributed by atoms with Gasteiger partial charge in [-0.05, 0) is 17.9 Å². The largest absolute Gasteiger partial charge is 0.368 e. The summed E-state index contributed by atoms with van der Waals surface area (Å²) in [5, 5.41) is 2.81. The summed E-state index contributed by atoms with van der Waals surface area (Å²) in [6, 6.07) is -0.756. The van der Waals surface area contributed by atoms with Crippen LogP contribution < -0.4 is 11.1 Å². The van der Waals surface area contributed by atoms with Gasteiger partial charge in [0.15, 0.2) is 0 Å². The maximum Gasteiger partial charge on any atom is 0.249 e. The quantitative estimate of drug-likeness (QED) is 0.608. The molecule has 0 spiro atoms. The fourth-order valence-corrected chi connectivity index (χ4v) is 2.75. The van der Waals surface area contributed by atoms with Crippen molar-refractivity contribution in [2.45, 2.75) is 70.3 Å². The SMILES string of the molecule is CC(C)(C)[Si](C)(C)C#CC[C@H](NC(=O)[C@H]1CCCO1)C(N)=O. The molecule has 0 radical (unpaired) electrons. The third kappa shape index (κ3) is 5.15. The number of carbonyl (C=O) groups is 2. The molecular formula is C16H28N2O3Si. The van der Waals surface area contributed by atoms with Gasteiger partial charge in [-0.15, -0.1) is 11.5 Å². The van der Waals surface area contributed by atoms with Gasteiger partial charge < -0.3 is 15.8 Å². The van der Waals surface area contributed by atoms with Crippen molar-refractivity contribution in [3.63, 3.8) is 0 Å². The van der Waals surface area contributed by atoms with E-state index >= 15 is 0 Å². The maximum atomic E-state index is 12.0. The Bertz CT molecular complexity index is 480. The van der Waals surface area contributed by atoms with Gasteiger partial charge >= 0.3 is 0 Å². The lowest BCUT2D eigenvalue weighted by molar-refractivity contribution is -0.133. The molecule has 0 aromatic carbocycles. The van der Waals surface area contributed by atoms with E-state index in [1.165, 1.54) is 0 Å². The standard InChI is InChI=1S/C16H28N2O3Si/c1-16(2,3)22(4,5)11-7-8-12(14(17)19)18-15(20)13-9-6-10-21-13/h12-13H,6,8-10H2,1-5H3,(H2,17,19)(H,18,20)/t12-,13+/m0/s1. The summed E-state index contributed by atoms with van der Waals surface area (Å²) in [5.41, 5.74) is 8.69. The number of nitrogens with one attached hydrogen (secondary N) is 1. The molecule has 0 bridgehead atoms. The molecule has 1 fully saturated rings. The van der Waals surface area contributed by atoms with Gasteiger partial charge in [0.05, 0.1) is 0 Å². The van der Waals surface area contributed by atoms with E-state index in [0.717, 1.165) is 6.42 Å². The molecule has 1 aliphatic rings. The van der Waals surface area contributed by atoms with Gasteiger partial charge in [0, 0.05) is 13.0 Å². The van der Waals surface area contributed by atoms with Gasteiger partial charge in [-0.2, -0.15) is 0 Å². The fraction of sp³-hybridized carbons (Fsp3) is 0.750. The van der Waals surface area contributed by atoms with Crippen molar-refractivity contribution in [3.8, 4) is 11.5 Å². The molecule has 0 aromatic heterocycles. The molecule has 0 unspecified atom stereocenters. The lowest BCUT2D eigenvalue weighted by atomic mass is 10.1. The van der Waals surface area contributed by atoms with Crippen LogP contribution in [0, 0.1) is 11.5 Å². The van der Waals surface area contributed by atoms with E-state index in [-0.39, 0.29) is 17.4 Å². The van der Waals surface area contributed by atoms with Crippen molar-refractivity contribution >= 4 is 19.9 Å². The van der Waals surface area contributed by atoms with Gasteiger partial charge in [-0.1, -0.05) is 33.9 Å². The van der Waals surface area contributed by atoms with E-state index in [1.54, 1.807) is 0 Å². The highest BCUT2D eigenvalue weighted by molar-refractivity contribution is 6.87. The van der Waals surface area contributed by atoms with Crippen LogP contribution in [-0.2, 0) is 14.3 Å². The lowest BCUT2D eigenvalue weighted by Crippen LogP contribution is -2.47. The number of hydrogen-bond acceptors (Lipinski definition) is 3. The van der Waals surface area contributed by atoms with E-state index < -0.39 is 26.1 Å². The van der Waals surface area contributed by atoms with Crippen molar-refractivity contribution in [1.29, 1.82) is 0 Å². The molecular weight excluding hydrogens is 296 g/mol. The first-order valence-corrected chi connectivity index (χ1v) is 10.8. The predicted molar refractivity (Wildman–Crippen MR) is 89.7 cm³/mol. The van der Waals surface area contributed by atoms with Crippen molar-refractivity contribution in [1.82, 2.24) is 5.32 Å². The number of ether oxygens (including phenoxy) is 1. The number of carbonyl (C=O) groups excluding carboxylic acids is 2. The van der Waals surface area contributed by atoms with Crippen LogP contribution in [0.4, 0.5) is 0 Å². The van der Waals surface area contributed by atoms with E-state index in [0.29, 0.717) is 13.0 Å². The van der Waals surface area contributed by atoms with E-state index in [2.05, 4.69) is 50.6 Å². The highest BCUT2D eigenvalue weighted by Crippen LogP contribution is 2.35. The minimum absolute atomic E-state index is 0.156. The van der Waals surface area contributed by atoms with Crippen LogP contribution in [0.3, 0.4) is 0 Å². The molecule has 5 nitrogen and oxygen atoms in total. The minimum Gasteiger partial charge on any atom is -0.368 e. The Hall–Kier alpha value is -1.32. The van der Waals surface area contributed by atoms with Gasteiger partial charge in [0.25, 0.3) is 0 Å². The predicted octanol–water partition coefficient (Wildman–Crippen LogP) is 1.58. The zero-order valence-corrected chi connectivity index (χ0v) is 15.3. The highest BCUT2D eigenvalue weighted by atomic mass is 28.3. The van der Waals surface area contributed by atoms with E-state index in [1.807, 2.05) is 0 Å². The maximum absolute atomic E-state index is 12.0. The topological polar surface area (TPSA) is 81.4 Å². The number of rotatable bonds is 4. The van der Waals surface area contributed by atoms with Gasteiger partial charge in [0.1, 0.15) is 20.2 Å². The summed E-state index contributed by atoms with van der Waals surface area (Å²) in [6.45, 7) is 11.5. The number of nitrogens with two attached hydrogens (primary N) is 1. The monoisotopic (exact) mass is 324 g/mol. The van der Waals surface area contributed by atoms with Crippen LogP contribution in [0.15, 0.2) is 0 Å². The molecule has 0 aromatic rings. The normalized spacial score (nSPS) is 20.0. The molecule has 1 rings (SSSR count). The summed E-state index contributed by atoms with van der Waals surface area (Å²) in [5.74, 6) is 2.24. The molecule has 0 aliphatic carbocycles. The zero-order valence-electron chi connectivity index (χ0n) is 14.3. The van der Waals surface area contributed by atoms with E-state index in [9.17, 15) is 9.59 Å². The Morgan fingerprint density at radius 1 is 1.41 bits per heavy atom. The number of amides is 2. The second-order valence-electron chi connectivity index (χ2n) is 7.35. The first-order valence-electron chi connectivity index (χ1n) is 7.76. The molecule has 1 aliphatic heterocycles. The molecule has 1 heterocycles. The molecule has 1 saturated heterocycles. The summed E-state index contributed by atoms with van der Waals surface area (Å²) in [6.07, 6.45) is 1.34. The second kappa shape index (κ2) is 7.29. The second-order valence-corrected chi connectivity index (χ2v) is 12.3. The van der Waals surface area contributed by atoms with Gasteiger partial charge in [-0.3, -0.25) is 9.59 Å². The fourth-order valence-electron chi connectivity index (χ4n) is 1.83. The zero-order chi connectivity index (χ0) is 17.0. The summed E-state index contributed by atoms with van der Waals surface area (Å²) < 4.78 is 5.31. The average molecular weight is 324 g/mol. The van der Waals surface area contributed by atoms with Crippen molar-refractivity contribution < 1.29 is 14.3 Å². The van der Waals surface area contributed by atoms with Gasteiger partial charge in [-0.25, -0.2) is 0 Å². The Kier molecular flexibility index (Phi) is 6.21. The summed E-state index contributed by atoms with van der Waals surface area (Å²) >= 11 is 0. The summed E-state index contributed by atoms with van der Waals surface area (Å²) in [4.78, 5) is 23.5. The molecule has 0 saturated carbocycles. The average Bonchev–Trinajstić information content (AvgIpc) is 2.89. The smallest absolute Gasteiger partial charge is 0.249 e. The third-order valence-corrected chi connectivity index (χ3v) is 9.02. The van der Waals surface area contributed by atoms with Crippen LogP contribution in [0.25, 0.3) is 0 Å².